The van der Waals surface area contributed by atoms with Gasteiger partial charge in [-0.25, -0.2) is 4.79 Å². The highest BCUT2D eigenvalue weighted by Gasteiger charge is 2.31. The van der Waals surface area contributed by atoms with Crippen LogP contribution in [0, 0.1) is 0 Å². The molecule has 9 heteroatoms. The van der Waals surface area contributed by atoms with Crippen molar-refractivity contribution in [3.8, 4) is 0 Å². The molecular formula is C21H30N6O3. The average Bonchev–Trinajstić information content (AvgIpc) is 3.20. The summed E-state index contributed by atoms with van der Waals surface area (Å²) in [5.41, 5.74) is 1.72. The van der Waals surface area contributed by atoms with Crippen LogP contribution in [0.5, 0.6) is 0 Å². The number of ether oxygens (including phenoxy) is 1. The predicted molar refractivity (Wildman–Crippen MR) is 112 cm³/mol. The number of aromatic nitrogens is 3. The van der Waals surface area contributed by atoms with Gasteiger partial charge in [-0.15, -0.1) is 5.10 Å². The Morgan fingerprint density at radius 2 is 1.73 bits per heavy atom. The van der Waals surface area contributed by atoms with Gasteiger partial charge in [0.05, 0.1) is 5.52 Å². The summed E-state index contributed by atoms with van der Waals surface area (Å²) in [4.78, 5) is 31.3. The number of hydrogen-bond donors (Lipinski definition) is 1. The van der Waals surface area contributed by atoms with Gasteiger partial charge in [0.15, 0.2) is 0 Å². The molecule has 2 saturated heterocycles. The molecule has 9 nitrogen and oxygen atoms in total. The largest absolute Gasteiger partial charge is 0.444 e. The van der Waals surface area contributed by atoms with E-state index >= 15 is 0 Å². The first-order chi connectivity index (χ1) is 14.3. The summed E-state index contributed by atoms with van der Waals surface area (Å²) in [6.45, 7) is 10.2. The van der Waals surface area contributed by atoms with Crippen molar-refractivity contribution >= 4 is 23.0 Å². The van der Waals surface area contributed by atoms with Crippen molar-refractivity contribution in [2.24, 2.45) is 0 Å². The van der Waals surface area contributed by atoms with Crippen LogP contribution in [0.25, 0.3) is 11.0 Å². The van der Waals surface area contributed by atoms with Gasteiger partial charge in [-0.2, -0.15) is 0 Å². The number of H-pyrrole nitrogens is 1. The first-order valence-electron chi connectivity index (χ1n) is 10.6. The summed E-state index contributed by atoms with van der Waals surface area (Å²) in [5.74, 6) is 0.0492. The third-order valence-electron chi connectivity index (χ3n) is 5.81. The Balaban J connectivity index is 1.27. The molecule has 2 aromatic rings. The maximum absolute atomic E-state index is 12.9. The Morgan fingerprint density at radius 3 is 2.40 bits per heavy atom. The van der Waals surface area contributed by atoms with Crippen LogP contribution in [-0.2, 0) is 4.74 Å². The van der Waals surface area contributed by atoms with Gasteiger partial charge in [-0.1, -0.05) is 5.21 Å². The Labute approximate surface area is 176 Å². The molecule has 162 valence electrons. The molecule has 0 unspecified atom stereocenters. The van der Waals surface area contributed by atoms with Gasteiger partial charge in [0.25, 0.3) is 5.91 Å². The van der Waals surface area contributed by atoms with Crippen LogP contribution in [-0.4, -0.2) is 93.0 Å². The van der Waals surface area contributed by atoms with Crippen LogP contribution in [0.1, 0.15) is 44.0 Å². The second-order valence-electron chi connectivity index (χ2n) is 9.07. The molecular weight excluding hydrogens is 384 g/mol. The van der Waals surface area contributed by atoms with E-state index in [1.54, 1.807) is 11.0 Å². The molecule has 0 bridgehead atoms. The predicted octanol–water partition coefficient (Wildman–Crippen LogP) is 2.12. The fraction of sp³-hybridized carbons (Fsp3) is 0.619. The van der Waals surface area contributed by atoms with E-state index in [9.17, 15) is 9.59 Å². The van der Waals surface area contributed by atoms with E-state index in [0.29, 0.717) is 30.2 Å². The van der Waals surface area contributed by atoms with Gasteiger partial charge in [-0.3, -0.25) is 14.8 Å². The summed E-state index contributed by atoms with van der Waals surface area (Å²) in [5, 5.41) is 10.6. The first-order valence-corrected chi connectivity index (χ1v) is 10.6. The number of aromatic amines is 1. The van der Waals surface area contributed by atoms with E-state index in [1.165, 1.54) is 0 Å². The molecule has 3 heterocycles. The quantitative estimate of drug-likeness (QED) is 0.809. The number of carbonyl (C=O) groups is 2. The molecule has 0 aliphatic carbocycles. The number of benzene rings is 1. The number of likely N-dealkylation sites (tertiary alicyclic amines) is 1. The van der Waals surface area contributed by atoms with E-state index < -0.39 is 5.60 Å². The lowest BCUT2D eigenvalue weighted by atomic mass is 10.0. The molecule has 2 aliphatic rings. The van der Waals surface area contributed by atoms with E-state index in [0.717, 1.165) is 44.5 Å². The van der Waals surface area contributed by atoms with Gasteiger partial charge < -0.3 is 14.5 Å². The van der Waals surface area contributed by atoms with Crippen LogP contribution in [0.15, 0.2) is 18.2 Å². The standard InChI is InChI=1S/C21H30N6O3/c1-21(2,3)30-20(29)27-12-10-25(11-13-27)16-6-8-26(9-7-16)19(28)15-4-5-17-18(14-15)23-24-22-17/h4-5,14,16H,6-13H2,1-3H3,(H,22,23,24). The topological polar surface area (TPSA) is 94.7 Å². The van der Waals surface area contributed by atoms with Crippen molar-refractivity contribution in [2.45, 2.75) is 45.3 Å². The highest BCUT2D eigenvalue weighted by Crippen LogP contribution is 2.21. The molecule has 0 saturated carbocycles. The van der Waals surface area contributed by atoms with E-state index in [2.05, 4.69) is 20.3 Å². The second kappa shape index (κ2) is 8.22. The van der Waals surface area contributed by atoms with Crippen molar-refractivity contribution in [2.75, 3.05) is 39.3 Å². The summed E-state index contributed by atoms with van der Waals surface area (Å²) in [6.07, 6.45) is 1.67. The second-order valence-corrected chi connectivity index (χ2v) is 9.07. The average molecular weight is 415 g/mol. The fourth-order valence-electron chi connectivity index (χ4n) is 4.19. The molecule has 1 aromatic heterocycles. The van der Waals surface area contributed by atoms with Crippen LogP contribution < -0.4 is 0 Å². The molecule has 2 fully saturated rings. The molecule has 0 radical (unpaired) electrons. The number of nitrogens with one attached hydrogen (secondary N) is 1. The third-order valence-corrected chi connectivity index (χ3v) is 5.81. The number of carbonyl (C=O) groups excluding carboxylic acids is 2. The molecule has 0 spiro atoms. The summed E-state index contributed by atoms with van der Waals surface area (Å²) in [7, 11) is 0. The highest BCUT2D eigenvalue weighted by atomic mass is 16.6. The fourth-order valence-corrected chi connectivity index (χ4v) is 4.19. The summed E-state index contributed by atoms with van der Waals surface area (Å²) in [6, 6.07) is 5.92. The number of rotatable bonds is 2. The SMILES string of the molecule is CC(C)(C)OC(=O)N1CCN(C2CCN(C(=O)c3ccc4[nH]nnc4c3)CC2)CC1. The lowest BCUT2D eigenvalue weighted by Gasteiger charge is -2.42. The smallest absolute Gasteiger partial charge is 0.410 e. The molecule has 2 aliphatic heterocycles. The maximum Gasteiger partial charge on any atom is 0.410 e. The minimum absolute atomic E-state index is 0.0492. The lowest BCUT2D eigenvalue weighted by molar-refractivity contribution is 0.00577. The van der Waals surface area contributed by atoms with E-state index in [-0.39, 0.29) is 12.0 Å². The van der Waals surface area contributed by atoms with Crippen LogP contribution in [0.3, 0.4) is 0 Å². The van der Waals surface area contributed by atoms with Crippen LogP contribution >= 0.6 is 0 Å². The molecule has 1 aromatic carbocycles. The summed E-state index contributed by atoms with van der Waals surface area (Å²) < 4.78 is 5.48. The zero-order chi connectivity index (χ0) is 21.3. The number of hydrogen-bond acceptors (Lipinski definition) is 6. The maximum atomic E-state index is 12.9. The highest BCUT2D eigenvalue weighted by molar-refractivity contribution is 5.97. The molecule has 4 rings (SSSR count). The van der Waals surface area contributed by atoms with Crippen LogP contribution in [0.4, 0.5) is 4.79 Å². The van der Waals surface area contributed by atoms with E-state index in [1.807, 2.05) is 37.8 Å². The number of piperidine rings is 1. The Hall–Kier alpha value is -2.68. The molecule has 0 atom stereocenters. The number of nitrogens with zero attached hydrogens (tertiary/aromatic N) is 5. The zero-order valence-corrected chi connectivity index (χ0v) is 17.9. The molecule has 1 N–H and O–H groups in total. The van der Waals surface area contributed by atoms with Crippen molar-refractivity contribution < 1.29 is 14.3 Å². The first kappa shape index (κ1) is 20.6. The Bertz CT molecular complexity index is 905. The molecule has 30 heavy (non-hydrogen) atoms. The van der Waals surface area contributed by atoms with Crippen molar-refractivity contribution in [3.05, 3.63) is 23.8 Å². The van der Waals surface area contributed by atoms with E-state index in [4.69, 9.17) is 4.74 Å². The zero-order valence-electron chi connectivity index (χ0n) is 17.9. The van der Waals surface area contributed by atoms with Gasteiger partial charge in [-0.05, 0) is 51.8 Å². The van der Waals surface area contributed by atoms with Crippen LogP contribution in [0.2, 0.25) is 0 Å². The van der Waals surface area contributed by atoms with Crippen molar-refractivity contribution in [1.29, 1.82) is 0 Å². The van der Waals surface area contributed by atoms with Gasteiger partial charge in [0.1, 0.15) is 11.1 Å². The lowest BCUT2D eigenvalue weighted by Crippen LogP contribution is -2.55. The monoisotopic (exact) mass is 414 g/mol. The minimum atomic E-state index is -0.466. The Morgan fingerprint density at radius 1 is 1.03 bits per heavy atom. The number of amides is 2. The summed E-state index contributed by atoms with van der Waals surface area (Å²) >= 11 is 0. The third kappa shape index (κ3) is 4.56. The minimum Gasteiger partial charge on any atom is -0.444 e. The number of fused-ring (bicyclic) bond motifs is 1. The van der Waals surface area contributed by atoms with Crippen molar-refractivity contribution in [1.82, 2.24) is 30.1 Å². The molecule has 2 amide bonds. The van der Waals surface area contributed by atoms with Gasteiger partial charge in [0.2, 0.25) is 0 Å². The van der Waals surface area contributed by atoms with Crippen molar-refractivity contribution in [3.63, 3.8) is 0 Å². The normalized spacial score (nSPS) is 19.3. The van der Waals surface area contributed by atoms with Gasteiger partial charge >= 0.3 is 6.09 Å². The Kier molecular flexibility index (Phi) is 5.64. The number of piperazine rings is 1. The van der Waals surface area contributed by atoms with Gasteiger partial charge in [0, 0.05) is 50.9 Å².